The van der Waals surface area contributed by atoms with Gasteiger partial charge in [0.05, 0.1) is 6.54 Å². The Morgan fingerprint density at radius 3 is 2.86 bits per heavy atom. The minimum Gasteiger partial charge on any atom is -0.376 e. The van der Waals surface area contributed by atoms with Crippen LogP contribution in [0.15, 0.2) is 63.8 Å². The Kier molecular flexibility index (Phi) is 3.33. The summed E-state index contributed by atoms with van der Waals surface area (Å²) in [6.07, 6.45) is 0. The number of aromatic nitrogens is 2. The summed E-state index contributed by atoms with van der Waals surface area (Å²) in [5, 5.41) is 13.8. The SMILES string of the molecule is c1ccc2c(NCc3nc(-c4ccsc4)no3)cccc2c1. The van der Waals surface area contributed by atoms with Crippen LogP contribution in [0.25, 0.3) is 22.2 Å². The van der Waals surface area contributed by atoms with Gasteiger partial charge < -0.3 is 9.84 Å². The molecule has 1 N–H and O–H groups in total. The number of hydrogen-bond donors (Lipinski definition) is 1. The van der Waals surface area contributed by atoms with Gasteiger partial charge in [0.15, 0.2) is 0 Å². The Morgan fingerprint density at radius 2 is 1.95 bits per heavy atom. The van der Waals surface area contributed by atoms with Crippen LogP contribution in [0.5, 0.6) is 0 Å². The molecule has 2 heterocycles. The van der Waals surface area contributed by atoms with E-state index < -0.39 is 0 Å². The molecular formula is C17H13N3OS. The van der Waals surface area contributed by atoms with Crippen LogP contribution in [0.1, 0.15) is 5.89 Å². The highest BCUT2D eigenvalue weighted by Crippen LogP contribution is 2.24. The number of nitrogens with zero attached hydrogens (tertiary/aromatic N) is 2. The van der Waals surface area contributed by atoms with E-state index in [1.807, 2.05) is 35.0 Å². The van der Waals surface area contributed by atoms with Crippen molar-refractivity contribution < 1.29 is 4.52 Å². The van der Waals surface area contributed by atoms with E-state index in [0.717, 1.165) is 11.3 Å². The fraction of sp³-hybridized carbons (Fsp3) is 0.0588. The number of hydrogen-bond acceptors (Lipinski definition) is 5. The molecule has 5 heteroatoms. The second-order valence-corrected chi connectivity index (χ2v) is 5.68. The molecule has 0 aliphatic rings. The average molecular weight is 307 g/mol. The van der Waals surface area contributed by atoms with E-state index in [4.69, 9.17) is 4.52 Å². The maximum atomic E-state index is 5.30. The smallest absolute Gasteiger partial charge is 0.246 e. The monoisotopic (exact) mass is 307 g/mol. The lowest BCUT2D eigenvalue weighted by Gasteiger charge is -2.07. The van der Waals surface area contributed by atoms with E-state index >= 15 is 0 Å². The summed E-state index contributed by atoms with van der Waals surface area (Å²) in [6.45, 7) is 0.505. The molecule has 0 aliphatic carbocycles. The van der Waals surface area contributed by atoms with Gasteiger partial charge >= 0.3 is 0 Å². The maximum Gasteiger partial charge on any atom is 0.246 e. The molecule has 0 aliphatic heterocycles. The highest BCUT2D eigenvalue weighted by Gasteiger charge is 2.09. The van der Waals surface area contributed by atoms with Gasteiger partial charge in [0.1, 0.15) is 0 Å². The second kappa shape index (κ2) is 5.61. The van der Waals surface area contributed by atoms with Crippen molar-refractivity contribution in [3.05, 3.63) is 65.2 Å². The van der Waals surface area contributed by atoms with Gasteiger partial charge in [0.2, 0.25) is 11.7 Å². The molecule has 108 valence electrons. The molecule has 0 saturated carbocycles. The summed E-state index contributed by atoms with van der Waals surface area (Å²) in [6, 6.07) is 16.4. The van der Waals surface area contributed by atoms with E-state index in [1.165, 1.54) is 10.8 Å². The molecule has 0 amide bonds. The fourth-order valence-electron chi connectivity index (χ4n) is 2.39. The Bertz CT molecular complexity index is 894. The number of anilines is 1. The molecule has 0 fully saturated rings. The van der Waals surface area contributed by atoms with Gasteiger partial charge in [0.25, 0.3) is 0 Å². The fourth-order valence-corrected chi connectivity index (χ4v) is 3.02. The summed E-state index contributed by atoms with van der Waals surface area (Å²) in [4.78, 5) is 4.41. The number of nitrogens with one attached hydrogen (secondary N) is 1. The van der Waals surface area contributed by atoms with Crippen LogP contribution >= 0.6 is 11.3 Å². The van der Waals surface area contributed by atoms with Gasteiger partial charge in [-0.05, 0) is 22.9 Å². The lowest BCUT2D eigenvalue weighted by atomic mass is 10.1. The molecule has 0 bridgehead atoms. The van der Waals surface area contributed by atoms with E-state index in [0.29, 0.717) is 18.3 Å². The Balaban J connectivity index is 1.55. The van der Waals surface area contributed by atoms with Crippen molar-refractivity contribution in [2.24, 2.45) is 0 Å². The summed E-state index contributed by atoms with van der Waals surface area (Å²) in [5.41, 5.74) is 2.05. The van der Waals surface area contributed by atoms with Crippen LogP contribution < -0.4 is 5.32 Å². The van der Waals surface area contributed by atoms with Crippen molar-refractivity contribution in [3.63, 3.8) is 0 Å². The summed E-state index contributed by atoms with van der Waals surface area (Å²) >= 11 is 1.62. The first-order valence-electron chi connectivity index (χ1n) is 6.97. The molecule has 0 radical (unpaired) electrons. The molecule has 0 saturated heterocycles. The summed E-state index contributed by atoms with van der Waals surface area (Å²) in [7, 11) is 0. The zero-order valence-electron chi connectivity index (χ0n) is 11.7. The van der Waals surface area contributed by atoms with Crippen molar-refractivity contribution in [1.29, 1.82) is 0 Å². The Labute approximate surface area is 131 Å². The molecular weight excluding hydrogens is 294 g/mol. The van der Waals surface area contributed by atoms with Crippen molar-refractivity contribution in [2.75, 3.05) is 5.32 Å². The predicted octanol–water partition coefficient (Wildman–Crippen LogP) is 4.56. The van der Waals surface area contributed by atoms with Crippen molar-refractivity contribution in [3.8, 4) is 11.4 Å². The quantitative estimate of drug-likeness (QED) is 0.600. The zero-order valence-corrected chi connectivity index (χ0v) is 12.5. The van der Waals surface area contributed by atoms with Gasteiger partial charge in [-0.3, -0.25) is 0 Å². The third-order valence-corrected chi connectivity index (χ3v) is 4.15. The summed E-state index contributed by atoms with van der Waals surface area (Å²) < 4.78 is 5.30. The second-order valence-electron chi connectivity index (χ2n) is 4.90. The molecule has 22 heavy (non-hydrogen) atoms. The molecule has 0 atom stereocenters. The molecule has 4 rings (SSSR count). The van der Waals surface area contributed by atoms with Gasteiger partial charge in [0, 0.05) is 22.0 Å². The van der Waals surface area contributed by atoms with Crippen molar-refractivity contribution >= 4 is 27.8 Å². The minimum atomic E-state index is 0.505. The van der Waals surface area contributed by atoms with E-state index in [1.54, 1.807) is 11.3 Å². The normalized spacial score (nSPS) is 10.9. The van der Waals surface area contributed by atoms with Gasteiger partial charge in [-0.15, -0.1) is 0 Å². The highest BCUT2D eigenvalue weighted by atomic mass is 32.1. The highest BCUT2D eigenvalue weighted by molar-refractivity contribution is 7.08. The average Bonchev–Trinajstić information content (AvgIpc) is 3.24. The third kappa shape index (κ3) is 2.46. The van der Waals surface area contributed by atoms with Crippen molar-refractivity contribution in [2.45, 2.75) is 6.54 Å². The number of rotatable bonds is 4. The van der Waals surface area contributed by atoms with Crippen LogP contribution in [-0.4, -0.2) is 10.1 Å². The van der Waals surface area contributed by atoms with E-state index in [-0.39, 0.29) is 0 Å². The van der Waals surface area contributed by atoms with Crippen LogP contribution in [0.2, 0.25) is 0 Å². The van der Waals surface area contributed by atoms with Gasteiger partial charge in [-0.1, -0.05) is 41.6 Å². The number of thiophene rings is 1. The predicted molar refractivity (Wildman–Crippen MR) is 88.9 cm³/mol. The summed E-state index contributed by atoms with van der Waals surface area (Å²) in [5.74, 6) is 1.21. The maximum absolute atomic E-state index is 5.30. The van der Waals surface area contributed by atoms with Crippen LogP contribution in [-0.2, 0) is 6.54 Å². The van der Waals surface area contributed by atoms with E-state index in [2.05, 4.69) is 39.7 Å². The Hall–Kier alpha value is -2.66. The molecule has 2 aromatic carbocycles. The zero-order chi connectivity index (χ0) is 14.8. The van der Waals surface area contributed by atoms with Gasteiger partial charge in [-0.25, -0.2) is 0 Å². The van der Waals surface area contributed by atoms with Crippen LogP contribution in [0.4, 0.5) is 5.69 Å². The molecule has 4 aromatic rings. The molecule has 2 aromatic heterocycles. The number of fused-ring (bicyclic) bond motifs is 1. The topological polar surface area (TPSA) is 51.0 Å². The minimum absolute atomic E-state index is 0.505. The largest absolute Gasteiger partial charge is 0.376 e. The molecule has 0 spiro atoms. The standard InChI is InChI=1S/C17H13N3OS/c1-2-6-14-12(4-1)5-3-7-15(14)18-10-16-19-17(20-21-16)13-8-9-22-11-13/h1-9,11,18H,10H2. The molecule has 4 nitrogen and oxygen atoms in total. The first kappa shape index (κ1) is 13.0. The van der Waals surface area contributed by atoms with Crippen molar-refractivity contribution in [1.82, 2.24) is 10.1 Å². The molecule has 0 unspecified atom stereocenters. The third-order valence-electron chi connectivity index (χ3n) is 3.47. The Morgan fingerprint density at radius 1 is 1.05 bits per heavy atom. The first-order valence-corrected chi connectivity index (χ1v) is 7.91. The van der Waals surface area contributed by atoms with E-state index in [9.17, 15) is 0 Å². The lowest BCUT2D eigenvalue weighted by molar-refractivity contribution is 0.384. The number of benzene rings is 2. The van der Waals surface area contributed by atoms with Crippen LogP contribution in [0, 0.1) is 0 Å². The lowest BCUT2D eigenvalue weighted by Crippen LogP contribution is -2.00. The first-order chi connectivity index (χ1) is 10.9. The van der Waals surface area contributed by atoms with Crippen LogP contribution in [0.3, 0.4) is 0 Å². The van der Waals surface area contributed by atoms with Gasteiger partial charge in [-0.2, -0.15) is 16.3 Å².